The maximum Gasteiger partial charge on any atom is 0.261 e. The van der Waals surface area contributed by atoms with Crippen LogP contribution in [0.1, 0.15) is 13.8 Å². The van der Waals surface area contributed by atoms with E-state index in [-0.39, 0.29) is 0 Å². The minimum absolute atomic E-state index is 0.331. The van der Waals surface area contributed by atoms with Crippen molar-refractivity contribution in [2.75, 3.05) is 19.6 Å². The molecule has 5 rings (SSSR count). The molecule has 0 spiro atoms. The standard InChI is InChI=1S/C18H8Cl2N2O2.C2H6.CH5N.2CH4O3S/c19-13-15-17(23-11-7-3-1-5-9(11)21-15)14(20)16-18(13)24-12-8-4-2-6-10(12)22-16;2*1-2;1-5(2,3)4;1-5-4-3-2/h1-8H;1-2H3;2H2,1H3;1H3,(H,2,3,4);2H,1H3. The van der Waals surface area contributed by atoms with Crippen LogP contribution in [-0.2, 0) is 19.5 Å². The zero-order chi connectivity index (χ0) is 28.9. The Kier molecular flexibility index (Phi) is 14.6. The van der Waals surface area contributed by atoms with Crippen LogP contribution in [0.4, 0.5) is 11.4 Å². The van der Waals surface area contributed by atoms with E-state index in [1.165, 1.54) is 7.05 Å². The molecule has 0 saturated carbocycles. The van der Waals surface area contributed by atoms with E-state index in [2.05, 4.69) is 25.1 Å². The first-order chi connectivity index (χ1) is 18.1. The first kappa shape index (κ1) is 33.6. The summed E-state index contributed by atoms with van der Waals surface area (Å²) in [5.41, 5.74) is 5.88. The zero-order valence-corrected chi connectivity index (χ0v) is 24.2. The summed E-state index contributed by atoms with van der Waals surface area (Å²) in [7, 11) is -2.17. The van der Waals surface area contributed by atoms with Crippen molar-refractivity contribution < 1.29 is 37.1 Å². The second-order valence-electron chi connectivity index (χ2n) is 6.39. The van der Waals surface area contributed by atoms with Crippen LogP contribution in [0.5, 0.6) is 23.0 Å². The minimum atomic E-state index is -3.67. The van der Waals surface area contributed by atoms with Gasteiger partial charge in [0.2, 0.25) is 0 Å². The number of nitrogens with zero attached hydrogens (tertiary/aromatic N) is 2. The topological polar surface area (TPSA) is 162 Å². The highest BCUT2D eigenvalue weighted by molar-refractivity contribution is 7.93. The Bertz CT molecular complexity index is 1340. The molecule has 0 aromatic heterocycles. The molecule has 3 aromatic carbocycles. The molecule has 2 aliphatic rings. The van der Waals surface area contributed by atoms with Gasteiger partial charge in [-0.05, 0) is 31.3 Å². The van der Waals surface area contributed by atoms with E-state index in [0.29, 0.717) is 61.4 Å². The lowest BCUT2D eigenvalue weighted by Crippen LogP contribution is -2.22. The fourth-order valence-electron chi connectivity index (χ4n) is 2.77. The number of halogens is 2. The molecule has 38 heavy (non-hydrogen) atoms. The summed E-state index contributed by atoms with van der Waals surface area (Å²) in [4.78, 5) is 9.14. The molecule has 11 nitrogen and oxygen atoms in total. The van der Waals surface area contributed by atoms with Crippen LogP contribution < -0.4 is 25.9 Å². The highest BCUT2D eigenvalue weighted by atomic mass is 35.5. The maximum absolute atomic E-state index is 9.19. The lowest BCUT2D eigenvalue weighted by molar-refractivity contribution is -0.432. The molecule has 15 heteroatoms. The molecule has 2 heterocycles. The lowest BCUT2D eigenvalue weighted by atomic mass is 10.2. The third-order valence-corrected chi connectivity index (χ3v) is 4.86. The Morgan fingerprint density at radius 3 is 1.50 bits per heavy atom. The van der Waals surface area contributed by atoms with Crippen molar-refractivity contribution in [1.82, 2.24) is 0 Å². The molecular formula is C23H27Cl2N3O8S2. The Labute approximate surface area is 234 Å². The predicted molar refractivity (Wildman–Crippen MR) is 148 cm³/mol. The van der Waals surface area contributed by atoms with Crippen LogP contribution in [0.15, 0.2) is 58.5 Å². The van der Waals surface area contributed by atoms with Crippen molar-refractivity contribution in [2.45, 2.75) is 13.8 Å². The SMILES string of the molecule is CC.CN.CS(=O)(=O)O.CSOOO.Clc1c2c(c(Cl)c3c1=Nc1ccccc1O3)=Nc1ccccc1O2. The van der Waals surface area contributed by atoms with Gasteiger partial charge < -0.3 is 15.2 Å². The number of fused-ring (bicyclic) bond motifs is 4. The van der Waals surface area contributed by atoms with Crippen LogP contribution in [0.25, 0.3) is 0 Å². The van der Waals surface area contributed by atoms with E-state index in [9.17, 15) is 8.42 Å². The fourth-order valence-corrected chi connectivity index (χ4v) is 3.34. The second kappa shape index (κ2) is 16.5. The molecule has 3 aromatic rings. The quantitative estimate of drug-likeness (QED) is 0.0952. The number of rotatable bonds is 2. The van der Waals surface area contributed by atoms with Crippen molar-refractivity contribution in [3.8, 4) is 23.0 Å². The number of benzene rings is 3. The molecule has 0 bridgehead atoms. The molecule has 0 atom stereocenters. The zero-order valence-electron chi connectivity index (χ0n) is 21.0. The van der Waals surface area contributed by atoms with Crippen LogP contribution in [0.3, 0.4) is 0 Å². The lowest BCUT2D eigenvalue weighted by Gasteiger charge is -2.20. The van der Waals surface area contributed by atoms with Crippen molar-refractivity contribution in [3.05, 3.63) is 69.3 Å². The van der Waals surface area contributed by atoms with Gasteiger partial charge >= 0.3 is 0 Å². The van der Waals surface area contributed by atoms with Gasteiger partial charge in [0.25, 0.3) is 10.1 Å². The van der Waals surface area contributed by atoms with E-state index in [1.54, 1.807) is 6.26 Å². The molecule has 208 valence electrons. The highest BCUT2D eigenvalue weighted by Gasteiger charge is 2.26. The summed E-state index contributed by atoms with van der Waals surface area (Å²) in [6.07, 6.45) is 2.34. The Morgan fingerprint density at radius 1 is 0.868 bits per heavy atom. The molecule has 0 radical (unpaired) electrons. The van der Waals surface area contributed by atoms with Crippen molar-refractivity contribution in [2.24, 2.45) is 15.7 Å². The van der Waals surface area contributed by atoms with Crippen molar-refractivity contribution in [3.63, 3.8) is 0 Å². The number of ether oxygens (including phenoxy) is 2. The van der Waals surface area contributed by atoms with Crippen molar-refractivity contribution in [1.29, 1.82) is 0 Å². The summed E-state index contributed by atoms with van der Waals surface area (Å²) in [5, 5.41) is 12.0. The average Bonchev–Trinajstić information content (AvgIpc) is 2.92. The summed E-state index contributed by atoms with van der Waals surface area (Å²) in [6, 6.07) is 14.9. The van der Waals surface area contributed by atoms with Gasteiger partial charge in [0.1, 0.15) is 32.1 Å². The summed E-state index contributed by atoms with van der Waals surface area (Å²) in [5.74, 6) is 2.04. The molecule has 0 saturated heterocycles. The average molecular weight is 609 g/mol. The van der Waals surface area contributed by atoms with E-state index in [0.717, 1.165) is 12.0 Å². The van der Waals surface area contributed by atoms with Crippen LogP contribution in [-0.4, -0.2) is 37.8 Å². The number of hydrogen-bond donors (Lipinski definition) is 3. The molecular weight excluding hydrogens is 581 g/mol. The smallest absolute Gasteiger partial charge is 0.261 e. The minimum Gasteiger partial charge on any atom is -0.451 e. The van der Waals surface area contributed by atoms with Gasteiger partial charge in [-0.1, -0.05) is 66.4 Å². The van der Waals surface area contributed by atoms with Crippen LogP contribution in [0, 0.1) is 0 Å². The molecule has 0 amide bonds. The van der Waals surface area contributed by atoms with Gasteiger partial charge in [0.05, 0.1) is 6.26 Å². The molecule has 0 unspecified atom stereocenters. The van der Waals surface area contributed by atoms with Gasteiger partial charge in [-0.15, -0.1) is 4.33 Å². The van der Waals surface area contributed by atoms with Gasteiger partial charge in [-0.25, -0.2) is 15.2 Å². The second-order valence-corrected chi connectivity index (χ2v) is 9.08. The van der Waals surface area contributed by atoms with Crippen LogP contribution >= 0.6 is 35.2 Å². The number of para-hydroxylation sites is 4. The monoisotopic (exact) mass is 607 g/mol. The molecule has 0 aliphatic carbocycles. The Morgan fingerprint density at radius 2 is 1.21 bits per heavy atom. The van der Waals surface area contributed by atoms with E-state index >= 15 is 0 Å². The van der Waals surface area contributed by atoms with Crippen molar-refractivity contribution >= 4 is 56.7 Å². The van der Waals surface area contributed by atoms with Gasteiger partial charge in [-0.2, -0.15) is 8.42 Å². The summed E-state index contributed by atoms with van der Waals surface area (Å²) < 4.78 is 41.5. The summed E-state index contributed by atoms with van der Waals surface area (Å²) >= 11 is 14.0. The first-order valence-corrected chi connectivity index (χ1v) is 14.4. The number of hydrogen-bond acceptors (Lipinski definition) is 11. The van der Waals surface area contributed by atoms with Gasteiger partial charge in [-0.3, -0.25) is 4.55 Å². The largest absolute Gasteiger partial charge is 0.451 e. The third-order valence-electron chi connectivity index (χ3n) is 3.96. The van der Waals surface area contributed by atoms with Gasteiger partial charge in [0.15, 0.2) is 23.0 Å². The molecule has 2 aliphatic heterocycles. The van der Waals surface area contributed by atoms with E-state index in [1.807, 2.05) is 62.4 Å². The first-order valence-electron chi connectivity index (χ1n) is 10.7. The van der Waals surface area contributed by atoms with E-state index in [4.69, 9.17) is 42.5 Å². The number of nitrogens with two attached hydrogens (primary N) is 1. The normalized spacial score (nSPS) is 11.2. The predicted octanol–water partition coefficient (Wildman–Crippen LogP) is 5.90. The fraction of sp³-hybridized carbons (Fsp3) is 0.217. The Hall–Kier alpha value is -2.46. The van der Waals surface area contributed by atoms with Gasteiger partial charge in [0, 0.05) is 18.3 Å². The van der Waals surface area contributed by atoms with E-state index < -0.39 is 10.1 Å². The maximum atomic E-state index is 9.19. The Balaban J connectivity index is 0.000000437. The molecule has 4 N–H and O–H groups in total. The highest BCUT2D eigenvalue weighted by Crippen LogP contribution is 2.42. The summed E-state index contributed by atoms with van der Waals surface area (Å²) in [6.45, 7) is 4.00. The molecule has 0 fully saturated rings. The van der Waals surface area contributed by atoms with Crippen LogP contribution in [0.2, 0.25) is 10.0 Å². The third kappa shape index (κ3) is 9.38.